The maximum atomic E-state index is 12.0. The highest BCUT2D eigenvalue weighted by Crippen LogP contribution is 2.66. The van der Waals surface area contributed by atoms with Crippen LogP contribution in [0.2, 0.25) is 0 Å². The number of benzene rings is 1. The number of aliphatic hydroxyl groups excluding tert-OH is 1. The summed E-state index contributed by atoms with van der Waals surface area (Å²) in [6.45, 7) is 13.9. The van der Waals surface area contributed by atoms with Crippen molar-refractivity contribution in [2.75, 3.05) is 38.1 Å². The van der Waals surface area contributed by atoms with Gasteiger partial charge in [-0.15, -0.1) is 0 Å². The van der Waals surface area contributed by atoms with E-state index in [1.807, 2.05) is 0 Å². The molecule has 0 amide bonds. The number of para-hydroxylation sites is 1. The van der Waals surface area contributed by atoms with E-state index < -0.39 is 0 Å². The van der Waals surface area contributed by atoms with E-state index in [9.17, 15) is 5.11 Å². The molecule has 4 nitrogen and oxygen atoms in total. The highest BCUT2D eigenvalue weighted by Gasteiger charge is 2.72. The first kappa shape index (κ1) is 20.8. The molecule has 1 spiro atoms. The van der Waals surface area contributed by atoms with Crippen LogP contribution in [0, 0.1) is 17.8 Å². The first-order valence-electron chi connectivity index (χ1n) is 12.5. The number of aliphatic hydroxyl groups is 1. The minimum atomic E-state index is -0.221. The normalized spacial score (nSPS) is 40.2. The van der Waals surface area contributed by atoms with Crippen LogP contribution < -0.4 is 4.90 Å². The van der Waals surface area contributed by atoms with E-state index in [1.165, 1.54) is 24.1 Å². The summed E-state index contributed by atoms with van der Waals surface area (Å²) in [5.74, 6) is 1.75. The number of anilines is 1. The third-order valence-electron chi connectivity index (χ3n) is 9.78. The fraction of sp³-hybridized carbons (Fsp3) is 0.769. The summed E-state index contributed by atoms with van der Waals surface area (Å²) in [7, 11) is 2.29. The molecule has 3 fully saturated rings. The van der Waals surface area contributed by atoms with Crippen LogP contribution in [0.4, 0.5) is 5.69 Å². The Labute approximate surface area is 183 Å². The summed E-state index contributed by atoms with van der Waals surface area (Å²) >= 11 is 0. The molecule has 1 saturated carbocycles. The number of hydrogen-bond donors (Lipinski definition) is 1. The van der Waals surface area contributed by atoms with Crippen LogP contribution in [0.15, 0.2) is 24.3 Å². The lowest BCUT2D eigenvalue weighted by Crippen LogP contribution is -2.66. The molecule has 8 atom stereocenters. The lowest BCUT2D eigenvalue weighted by Gasteiger charge is -2.55. The average molecular weight is 412 g/mol. The Hall–Kier alpha value is -1.10. The van der Waals surface area contributed by atoms with Crippen LogP contribution in [0.1, 0.15) is 52.5 Å². The molecule has 4 heteroatoms. The molecule has 0 unspecified atom stereocenters. The second-order valence-electron chi connectivity index (χ2n) is 10.5. The maximum absolute atomic E-state index is 12.0. The van der Waals surface area contributed by atoms with Gasteiger partial charge in [0.25, 0.3) is 0 Å². The second-order valence-corrected chi connectivity index (χ2v) is 10.5. The Morgan fingerprint density at radius 2 is 1.90 bits per heavy atom. The highest BCUT2D eigenvalue weighted by atomic mass is 16.3. The van der Waals surface area contributed by atoms with Crippen molar-refractivity contribution in [1.82, 2.24) is 9.80 Å². The van der Waals surface area contributed by atoms with Gasteiger partial charge in [0, 0.05) is 49.2 Å². The molecule has 3 heterocycles. The minimum absolute atomic E-state index is 0.0702. The van der Waals surface area contributed by atoms with E-state index in [0.717, 1.165) is 32.6 Å². The summed E-state index contributed by atoms with van der Waals surface area (Å²) in [5, 5.41) is 12.0. The lowest BCUT2D eigenvalue weighted by molar-refractivity contribution is -0.0374. The number of hydrogen-bond acceptors (Lipinski definition) is 4. The summed E-state index contributed by atoms with van der Waals surface area (Å²) in [6.07, 6.45) is 3.38. The van der Waals surface area contributed by atoms with E-state index in [0.29, 0.717) is 35.9 Å². The van der Waals surface area contributed by atoms with Gasteiger partial charge in [0.2, 0.25) is 0 Å². The average Bonchev–Trinajstić information content (AvgIpc) is 3.14. The van der Waals surface area contributed by atoms with Crippen LogP contribution in [-0.2, 0) is 5.41 Å². The van der Waals surface area contributed by atoms with Gasteiger partial charge in [-0.25, -0.2) is 0 Å². The Balaban J connectivity index is 1.57. The largest absolute Gasteiger partial charge is 0.392 e. The summed E-state index contributed by atoms with van der Waals surface area (Å²) in [4.78, 5) is 7.95. The summed E-state index contributed by atoms with van der Waals surface area (Å²) < 4.78 is 0. The zero-order valence-corrected chi connectivity index (χ0v) is 19.6. The molecule has 1 N–H and O–H groups in total. The predicted molar refractivity (Wildman–Crippen MR) is 124 cm³/mol. The standard InChI is InChI=1S/C26H41N3O/c1-6-17(4)18-15-21-24-26(19-11-9-10-12-20(19)27(24)5)16-22(23(18)25(26)30)29(21)14-13-28(7-2)8-3/h9-12,17-18,21-25,30H,6-8,13-16H2,1-5H3/t17-,18+,21+,22+,23+,24+,25-,26-/m1/s1. The molecule has 4 aliphatic rings. The molecular weight excluding hydrogens is 370 g/mol. The Morgan fingerprint density at radius 3 is 2.60 bits per heavy atom. The van der Waals surface area contributed by atoms with Crippen LogP contribution in [0.3, 0.4) is 0 Å². The van der Waals surface area contributed by atoms with Gasteiger partial charge in [0.05, 0.1) is 12.1 Å². The Morgan fingerprint density at radius 1 is 1.17 bits per heavy atom. The van der Waals surface area contributed by atoms with Gasteiger partial charge in [-0.3, -0.25) is 4.90 Å². The number of likely N-dealkylation sites (N-methyl/N-ethyl adjacent to an activating group) is 2. The van der Waals surface area contributed by atoms with Gasteiger partial charge in [-0.1, -0.05) is 52.3 Å². The van der Waals surface area contributed by atoms with Gasteiger partial charge in [-0.05, 0) is 49.4 Å². The minimum Gasteiger partial charge on any atom is -0.392 e. The summed E-state index contributed by atoms with van der Waals surface area (Å²) in [5.41, 5.74) is 2.72. The van der Waals surface area contributed by atoms with Gasteiger partial charge in [0.1, 0.15) is 0 Å². The van der Waals surface area contributed by atoms with Crippen molar-refractivity contribution in [3.63, 3.8) is 0 Å². The third kappa shape index (κ3) is 2.56. The van der Waals surface area contributed by atoms with Gasteiger partial charge < -0.3 is 14.9 Å². The number of nitrogens with zero attached hydrogens (tertiary/aromatic N) is 3. The fourth-order valence-corrected chi connectivity index (χ4v) is 8.18. The number of rotatable bonds is 7. The lowest BCUT2D eigenvalue weighted by atomic mass is 9.67. The van der Waals surface area contributed by atoms with E-state index in [2.05, 4.69) is 73.7 Å². The van der Waals surface area contributed by atoms with Gasteiger partial charge >= 0.3 is 0 Å². The topological polar surface area (TPSA) is 30.0 Å². The molecule has 2 saturated heterocycles. The number of piperidine rings is 2. The van der Waals surface area contributed by atoms with E-state index in [4.69, 9.17) is 0 Å². The van der Waals surface area contributed by atoms with Crippen LogP contribution in [0.5, 0.6) is 0 Å². The SMILES string of the molecule is CC[C@@H](C)[C@@H]1C[C@H]2[C@@H]3N(C)c4ccccc4[C@]34C[C@@H]([C@H]1[C@H]4O)N2CCN(CC)CC. The molecule has 3 bridgehead atoms. The van der Waals surface area contributed by atoms with Crippen molar-refractivity contribution >= 4 is 5.69 Å². The van der Waals surface area contributed by atoms with Gasteiger partial charge in [-0.2, -0.15) is 0 Å². The molecule has 0 aromatic heterocycles. The molecule has 1 aliphatic carbocycles. The van der Waals surface area contributed by atoms with Crippen LogP contribution >= 0.6 is 0 Å². The molecule has 5 rings (SSSR count). The highest BCUT2D eigenvalue weighted by molar-refractivity contribution is 5.67. The first-order valence-corrected chi connectivity index (χ1v) is 12.5. The summed E-state index contributed by atoms with van der Waals surface area (Å²) in [6, 6.07) is 10.4. The molecular formula is C26H41N3O. The molecule has 166 valence electrons. The van der Waals surface area contributed by atoms with Crippen molar-refractivity contribution < 1.29 is 5.11 Å². The van der Waals surface area contributed by atoms with Crippen molar-refractivity contribution in [3.05, 3.63) is 29.8 Å². The van der Waals surface area contributed by atoms with E-state index in [-0.39, 0.29) is 11.5 Å². The van der Waals surface area contributed by atoms with Crippen LogP contribution in [-0.4, -0.2) is 72.4 Å². The van der Waals surface area contributed by atoms with Crippen LogP contribution in [0.25, 0.3) is 0 Å². The Kier molecular flexibility index (Phi) is 5.19. The third-order valence-corrected chi connectivity index (χ3v) is 9.78. The molecule has 3 aliphatic heterocycles. The van der Waals surface area contributed by atoms with Crippen molar-refractivity contribution in [1.29, 1.82) is 0 Å². The first-order chi connectivity index (χ1) is 14.5. The zero-order valence-electron chi connectivity index (χ0n) is 19.6. The monoisotopic (exact) mass is 411 g/mol. The van der Waals surface area contributed by atoms with Crippen molar-refractivity contribution in [2.24, 2.45) is 17.8 Å². The second kappa shape index (κ2) is 7.50. The van der Waals surface area contributed by atoms with E-state index >= 15 is 0 Å². The van der Waals surface area contributed by atoms with Gasteiger partial charge in [0.15, 0.2) is 0 Å². The zero-order chi connectivity index (χ0) is 21.2. The number of fused-ring (bicyclic) bond motifs is 3. The molecule has 30 heavy (non-hydrogen) atoms. The van der Waals surface area contributed by atoms with Crippen molar-refractivity contribution in [2.45, 2.75) is 76.6 Å². The fourth-order valence-electron chi connectivity index (χ4n) is 8.18. The van der Waals surface area contributed by atoms with E-state index in [1.54, 1.807) is 0 Å². The molecule has 1 aromatic carbocycles. The Bertz CT molecular complexity index is 779. The molecule has 0 radical (unpaired) electrons. The predicted octanol–water partition coefficient (Wildman–Crippen LogP) is 3.58. The molecule has 1 aromatic rings. The maximum Gasteiger partial charge on any atom is 0.0704 e. The van der Waals surface area contributed by atoms with Crippen molar-refractivity contribution in [3.8, 4) is 0 Å². The smallest absolute Gasteiger partial charge is 0.0704 e. The quantitative estimate of drug-likeness (QED) is 0.743.